The molecule has 0 amide bonds. The zero-order chi connectivity index (χ0) is 13.0. The number of hydrogen-bond donors (Lipinski definition) is 1. The quantitative estimate of drug-likeness (QED) is 0.926. The molecule has 1 N–H and O–H groups in total. The fourth-order valence-electron chi connectivity index (χ4n) is 2.41. The predicted molar refractivity (Wildman–Crippen MR) is 75.5 cm³/mol. The van der Waals surface area contributed by atoms with E-state index in [9.17, 15) is 0 Å². The molecule has 0 aromatic heterocycles. The molecule has 2 atom stereocenters. The molecule has 0 radical (unpaired) electrons. The normalized spacial score (nSPS) is 23.4. The molecule has 0 saturated heterocycles. The van der Waals surface area contributed by atoms with Crippen molar-refractivity contribution in [2.45, 2.75) is 37.8 Å². The lowest BCUT2D eigenvalue weighted by Gasteiger charge is -2.29. The van der Waals surface area contributed by atoms with Crippen LogP contribution in [-0.4, -0.2) is 19.3 Å². The first-order valence-electron chi connectivity index (χ1n) is 6.22. The van der Waals surface area contributed by atoms with E-state index in [0.717, 1.165) is 23.0 Å². The van der Waals surface area contributed by atoms with Gasteiger partial charge in [-0.2, -0.15) is 5.26 Å². The minimum atomic E-state index is 0.369. The Morgan fingerprint density at radius 2 is 2.28 bits per heavy atom. The van der Waals surface area contributed by atoms with E-state index in [1.807, 2.05) is 18.2 Å². The van der Waals surface area contributed by atoms with Crippen molar-refractivity contribution in [2.24, 2.45) is 0 Å². The maximum absolute atomic E-state index is 8.83. The van der Waals surface area contributed by atoms with Crippen LogP contribution in [0.25, 0.3) is 0 Å². The Kier molecular flexibility index (Phi) is 4.62. The third kappa shape index (κ3) is 3.24. The molecular formula is C14H17BrN2O. The van der Waals surface area contributed by atoms with Crippen LogP contribution >= 0.6 is 15.9 Å². The number of rotatable bonds is 3. The van der Waals surface area contributed by atoms with Gasteiger partial charge in [-0.25, -0.2) is 0 Å². The van der Waals surface area contributed by atoms with E-state index in [4.69, 9.17) is 10.00 Å². The van der Waals surface area contributed by atoms with Gasteiger partial charge in [0.2, 0.25) is 0 Å². The molecule has 2 unspecified atom stereocenters. The zero-order valence-electron chi connectivity index (χ0n) is 10.4. The number of ether oxygens (including phenoxy) is 1. The second kappa shape index (κ2) is 6.21. The Morgan fingerprint density at radius 1 is 1.44 bits per heavy atom. The minimum absolute atomic E-state index is 0.369. The Balaban J connectivity index is 2.03. The summed E-state index contributed by atoms with van der Waals surface area (Å²) in [6.45, 7) is 0. The summed E-state index contributed by atoms with van der Waals surface area (Å²) in [5.74, 6) is 0. The van der Waals surface area contributed by atoms with Crippen molar-refractivity contribution in [1.29, 1.82) is 5.26 Å². The van der Waals surface area contributed by atoms with E-state index in [2.05, 4.69) is 27.3 Å². The highest BCUT2D eigenvalue weighted by molar-refractivity contribution is 9.10. The maximum Gasteiger partial charge on any atom is 0.0992 e. The van der Waals surface area contributed by atoms with Crippen LogP contribution in [0.5, 0.6) is 0 Å². The predicted octanol–water partition coefficient (Wildman–Crippen LogP) is 3.69. The second-order valence-electron chi connectivity index (χ2n) is 4.67. The smallest absolute Gasteiger partial charge is 0.0992 e. The van der Waals surface area contributed by atoms with Crippen molar-refractivity contribution in [3.05, 3.63) is 28.2 Å². The topological polar surface area (TPSA) is 45.0 Å². The molecule has 2 rings (SSSR count). The summed E-state index contributed by atoms with van der Waals surface area (Å²) in [7, 11) is 1.78. The van der Waals surface area contributed by atoms with Crippen LogP contribution in [0.1, 0.15) is 31.2 Å². The first-order valence-corrected chi connectivity index (χ1v) is 7.01. The molecule has 0 aliphatic heterocycles. The molecule has 3 nitrogen and oxygen atoms in total. The van der Waals surface area contributed by atoms with Gasteiger partial charge < -0.3 is 10.1 Å². The SMILES string of the molecule is COC1CCCC(Nc2ccc(C#N)cc2Br)C1. The van der Waals surface area contributed by atoms with Crippen LogP contribution < -0.4 is 5.32 Å². The van der Waals surface area contributed by atoms with Crippen LogP contribution in [0.4, 0.5) is 5.69 Å². The van der Waals surface area contributed by atoms with Crippen molar-refractivity contribution in [1.82, 2.24) is 0 Å². The third-order valence-electron chi connectivity index (χ3n) is 3.42. The van der Waals surface area contributed by atoms with E-state index in [1.165, 1.54) is 12.8 Å². The van der Waals surface area contributed by atoms with Gasteiger partial charge in [0.25, 0.3) is 0 Å². The first-order chi connectivity index (χ1) is 8.72. The van der Waals surface area contributed by atoms with Gasteiger partial charge in [-0.1, -0.05) is 0 Å². The summed E-state index contributed by atoms with van der Waals surface area (Å²) >= 11 is 3.50. The van der Waals surface area contributed by atoms with Gasteiger partial charge in [-0.05, 0) is 59.8 Å². The fraction of sp³-hybridized carbons (Fsp3) is 0.500. The van der Waals surface area contributed by atoms with Gasteiger partial charge in [0.05, 0.1) is 17.7 Å². The average molecular weight is 309 g/mol. The molecular weight excluding hydrogens is 292 g/mol. The molecule has 0 bridgehead atoms. The summed E-state index contributed by atoms with van der Waals surface area (Å²) in [6.07, 6.45) is 4.94. The Morgan fingerprint density at radius 3 is 2.94 bits per heavy atom. The van der Waals surface area contributed by atoms with E-state index in [0.29, 0.717) is 17.7 Å². The first kappa shape index (κ1) is 13.4. The monoisotopic (exact) mass is 308 g/mol. The van der Waals surface area contributed by atoms with Crippen molar-refractivity contribution in [2.75, 3.05) is 12.4 Å². The zero-order valence-corrected chi connectivity index (χ0v) is 12.0. The molecule has 96 valence electrons. The molecule has 1 aromatic carbocycles. The summed E-state index contributed by atoms with van der Waals surface area (Å²) < 4.78 is 6.38. The Labute approximate surface area is 116 Å². The third-order valence-corrected chi connectivity index (χ3v) is 4.07. The van der Waals surface area contributed by atoms with Crippen LogP contribution in [0.2, 0.25) is 0 Å². The van der Waals surface area contributed by atoms with E-state index >= 15 is 0 Å². The lowest BCUT2D eigenvalue weighted by Crippen LogP contribution is -2.31. The number of nitrogens with one attached hydrogen (secondary N) is 1. The van der Waals surface area contributed by atoms with Gasteiger partial charge in [-0.3, -0.25) is 0 Å². The van der Waals surface area contributed by atoms with Crippen LogP contribution in [0.15, 0.2) is 22.7 Å². The van der Waals surface area contributed by atoms with Crippen molar-refractivity contribution in [3.8, 4) is 6.07 Å². The average Bonchev–Trinajstić information content (AvgIpc) is 2.41. The van der Waals surface area contributed by atoms with Gasteiger partial charge in [0.15, 0.2) is 0 Å². The van der Waals surface area contributed by atoms with E-state index in [1.54, 1.807) is 7.11 Å². The van der Waals surface area contributed by atoms with Crippen molar-refractivity contribution < 1.29 is 4.74 Å². The maximum atomic E-state index is 8.83. The second-order valence-corrected chi connectivity index (χ2v) is 5.53. The van der Waals surface area contributed by atoms with Crippen molar-refractivity contribution >= 4 is 21.6 Å². The molecule has 1 aliphatic carbocycles. The Bertz CT molecular complexity index is 456. The molecule has 4 heteroatoms. The largest absolute Gasteiger partial charge is 0.381 e. The summed E-state index contributed by atoms with van der Waals surface area (Å²) in [4.78, 5) is 0. The summed E-state index contributed by atoms with van der Waals surface area (Å²) in [5.41, 5.74) is 1.72. The molecule has 1 aliphatic rings. The fourth-order valence-corrected chi connectivity index (χ4v) is 2.91. The lowest BCUT2D eigenvalue weighted by molar-refractivity contribution is 0.0669. The van der Waals surface area contributed by atoms with Crippen LogP contribution in [0, 0.1) is 11.3 Å². The van der Waals surface area contributed by atoms with Gasteiger partial charge in [0, 0.05) is 23.3 Å². The number of benzene rings is 1. The lowest BCUT2D eigenvalue weighted by atomic mass is 9.92. The Hall–Kier alpha value is -1.05. The van der Waals surface area contributed by atoms with E-state index < -0.39 is 0 Å². The highest BCUT2D eigenvalue weighted by Crippen LogP contribution is 2.28. The van der Waals surface area contributed by atoms with E-state index in [-0.39, 0.29) is 0 Å². The van der Waals surface area contributed by atoms with Gasteiger partial charge in [0.1, 0.15) is 0 Å². The minimum Gasteiger partial charge on any atom is -0.381 e. The van der Waals surface area contributed by atoms with Crippen molar-refractivity contribution in [3.63, 3.8) is 0 Å². The molecule has 18 heavy (non-hydrogen) atoms. The molecule has 1 saturated carbocycles. The standard InChI is InChI=1S/C14H17BrN2O/c1-18-12-4-2-3-11(8-12)17-14-6-5-10(9-16)7-13(14)15/h5-7,11-12,17H,2-4,8H2,1H3. The summed E-state index contributed by atoms with van der Waals surface area (Å²) in [5, 5.41) is 12.4. The number of halogens is 1. The number of methoxy groups -OCH3 is 1. The number of anilines is 1. The van der Waals surface area contributed by atoms with Gasteiger partial charge in [-0.15, -0.1) is 0 Å². The number of hydrogen-bond acceptors (Lipinski definition) is 3. The number of nitrogens with zero attached hydrogens (tertiary/aromatic N) is 1. The highest BCUT2D eigenvalue weighted by atomic mass is 79.9. The molecule has 1 fully saturated rings. The molecule has 0 spiro atoms. The number of nitriles is 1. The van der Waals surface area contributed by atoms with Crippen LogP contribution in [-0.2, 0) is 4.74 Å². The van der Waals surface area contributed by atoms with Gasteiger partial charge >= 0.3 is 0 Å². The molecule has 1 aromatic rings. The van der Waals surface area contributed by atoms with Crippen LogP contribution in [0.3, 0.4) is 0 Å². The summed E-state index contributed by atoms with van der Waals surface area (Å²) in [6, 6.07) is 8.23. The molecule has 0 heterocycles. The highest BCUT2D eigenvalue weighted by Gasteiger charge is 2.21.